The Bertz CT molecular complexity index is 976. The number of benzene rings is 1. The van der Waals surface area contributed by atoms with Crippen LogP contribution in [0.1, 0.15) is 29.0 Å². The van der Waals surface area contributed by atoms with Gasteiger partial charge in [-0.15, -0.1) is 0 Å². The summed E-state index contributed by atoms with van der Waals surface area (Å²) in [7, 11) is 1.57. The zero-order valence-electron chi connectivity index (χ0n) is 16.2. The first kappa shape index (κ1) is 20.6. The molecule has 8 nitrogen and oxygen atoms in total. The van der Waals surface area contributed by atoms with E-state index in [2.05, 4.69) is 15.3 Å². The van der Waals surface area contributed by atoms with E-state index in [1.807, 2.05) is 4.90 Å². The molecule has 2 amide bonds. The van der Waals surface area contributed by atoms with Crippen LogP contribution >= 0.6 is 0 Å². The average Bonchev–Trinajstić information content (AvgIpc) is 3.29. The average molecular weight is 425 g/mol. The van der Waals surface area contributed by atoms with E-state index < -0.39 is 30.1 Å². The third kappa shape index (κ3) is 3.74. The number of carbonyl (C=O) groups excluding carboxylic acids is 2. The number of aromatic amines is 1. The number of aliphatic hydroxyl groups excluding tert-OH is 1. The van der Waals surface area contributed by atoms with Gasteiger partial charge in [0.1, 0.15) is 0 Å². The number of aliphatic hydroxyl groups is 1. The fraction of sp³-hybridized carbons (Fsp3) is 0.526. The van der Waals surface area contributed by atoms with Crippen LogP contribution < -0.4 is 5.32 Å². The van der Waals surface area contributed by atoms with Gasteiger partial charge in [0.2, 0.25) is 11.7 Å². The molecule has 3 atom stereocenters. The zero-order chi connectivity index (χ0) is 21.6. The fourth-order valence-corrected chi connectivity index (χ4v) is 4.33. The summed E-state index contributed by atoms with van der Waals surface area (Å²) in [6, 6.07) is 3.46. The zero-order valence-corrected chi connectivity index (χ0v) is 16.2. The topological polar surface area (TPSA) is 102 Å². The molecule has 30 heavy (non-hydrogen) atoms. The van der Waals surface area contributed by atoms with E-state index in [9.17, 15) is 27.9 Å². The Morgan fingerprint density at radius 1 is 1.33 bits per heavy atom. The maximum atomic E-state index is 12.9. The second-order valence-electron chi connectivity index (χ2n) is 7.75. The molecule has 0 bridgehead atoms. The number of rotatable bonds is 3. The molecule has 4 rings (SSSR count). The first-order chi connectivity index (χ1) is 14.1. The van der Waals surface area contributed by atoms with Gasteiger partial charge in [-0.05, 0) is 31.0 Å². The van der Waals surface area contributed by atoms with Crippen LogP contribution in [0.2, 0.25) is 0 Å². The number of hydrogen-bond acceptors (Lipinski definition) is 5. The maximum absolute atomic E-state index is 12.9. The molecular weight excluding hydrogens is 403 g/mol. The number of nitrogens with one attached hydrogen (secondary N) is 2. The smallest absolute Gasteiger partial charge is 0.389 e. The molecule has 0 unspecified atom stereocenters. The summed E-state index contributed by atoms with van der Waals surface area (Å²) in [4.78, 5) is 33.6. The third-order valence-electron chi connectivity index (χ3n) is 5.90. The molecule has 2 aromatic rings. The van der Waals surface area contributed by atoms with E-state index in [1.54, 1.807) is 7.05 Å². The highest BCUT2D eigenvalue weighted by molar-refractivity contribution is 5.97. The highest BCUT2D eigenvalue weighted by Crippen LogP contribution is 2.31. The maximum Gasteiger partial charge on any atom is 0.449 e. The summed E-state index contributed by atoms with van der Waals surface area (Å²) in [5.74, 6) is -1.61. The van der Waals surface area contributed by atoms with E-state index in [4.69, 9.17) is 0 Å². The number of aromatic nitrogens is 2. The highest BCUT2D eigenvalue weighted by Gasteiger charge is 2.42. The van der Waals surface area contributed by atoms with Crippen molar-refractivity contribution in [1.82, 2.24) is 25.1 Å². The number of amides is 2. The number of halogens is 3. The van der Waals surface area contributed by atoms with E-state index in [0.717, 1.165) is 0 Å². The molecule has 11 heteroatoms. The van der Waals surface area contributed by atoms with E-state index in [0.29, 0.717) is 25.9 Å². The Labute approximate surface area is 170 Å². The van der Waals surface area contributed by atoms with Crippen molar-refractivity contribution in [2.45, 2.75) is 37.2 Å². The van der Waals surface area contributed by atoms with Crippen molar-refractivity contribution in [3.63, 3.8) is 0 Å². The predicted octanol–water partition coefficient (Wildman–Crippen LogP) is 0.977. The number of carbonyl (C=O) groups is 2. The Morgan fingerprint density at radius 2 is 2.10 bits per heavy atom. The van der Waals surface area contributed by atoms with Crippen molar-refractivity contribution in [1.29, 1.82) is 0 Å². The highest BCUT2D eigenvalue weighted by atomic mass is 19.4. The Morgan fingerprint density at radius 3 is 2.80 bits per heavy atom. The van der Waals surface area contributed by atoms with Gasteiger partial charge in [0, 0.05) is 31.7 Å². The first-order valence-electron chi connectivity index (χ1n) is 9.68. The van der Waals surface area contributed by atoms with E-state index in [1.165, 1.54) is 23.1 Å². The van der Waals surface area contributed by atoms with Crippen molar-refractivity contribution in [3.8, 4) is 0 Å². The second-order valence-corrected chi connectivity index (χ2v) is 7.75. The van der Waals surface area contributed by atoms with Crippen molar-refractivity contribution in [2.24, 2.45) is 0 Å². The van der Waals surface area contributed by atoms with Gasteiger partial charge in [-0.3, -0.25) is 14.5 Å². The minimum Gasteiger partial charge on any atom is -0.389 e. The monoisotopic (exact) mass is 425 g/mol. The minimum absolute atomic E-state index is 0.0904. The van der Waals surface area contributed by atoms with Crippen LogP contribution in [0.15, 0.2) is 18.2 Å². The number of nitrogens with zero attached hydrogens (tertiary/aromatic N) is 3. The van der Waals surface area contributed by atoms with Gasteiger partial charge >= 0.3 is 6.18 Å². The second kappa shape index (κ2) is 7.55. The fourth-order valence-electron chi connectivity index (χ4n) is 4.33. The van der Waals surface area contributed by atoms with Crippen LogP contribution in [0.3, 0.4) is 0 Å². The van der Waals surface area contributed by atoms with Crippen LogP contribution in [0.5, 0.6) is 0 Å². The Hall–Kier alpha value is -2.66. The summed E-state index contributed by atoms with van der Waals surface area (Å²) in [6.07, 6.45) is -4.21. The summed E-state index contributed by atoms with van der Waals surface area (Å²) >= 11 is 0. The van der Waals surface area contributed by atoms with E-state index >= 15 is 0 Å². The molecule has 1 saturated heterocycles. The molecule has 2 heterocycles. The van der Waals surface area contributed by atoms with E-state index in [-0.39, 0.29) is 35.1 Å². The van der Waals surface area contributed by atoms with Crippen molar-refractivity contribution in [2.75, 3.05) is 26.7 Å². The van der Waals surface area contributed by atoms with Gasteiger partial charge in [0.15, 0.2) is 0 Å². The van der Waals surface area contributed by atoms with Gasteiger partial charge < -0.3 is 20.3 Å². The molecular formula is C19H22F3N5O3. The minimum atomic E-state index is -4.60. The van der Waals surface area contributed by atoms with Gasteiger partial charge in [0.25, 0.3) is 5.91 Å². The van der Waals surface area contributed by atoms with Crippen LogP contribution in [-0.2, 0) is 11.0 Å². The molecule has 0 radical (unpaired) electrons. The van der Waals surface area contributed by atoms with Gasteiger partial charge in [-0.1, -0.05) is 0 Å². The number of alkyl halides is 3. The van der Waals surface area contributed by atoms with Gasteiger partial charge in [-0.25, -0.2) is 4.98 Å². The molecule has 2 fully saturated rings. The number of hydrogen-bond donors (Lipinski definition) is 3. The number of imidazole rings is 1. The molecule has 162 valence electrons. The van der Waals surface area contributed by atoms with Crippen molar-refractivity contribution >= 4 is 22.8 Å². The van der Waals surface area contributed by atoms with Gasteiger partial charge in [0.05, 0.1) is 29.7 Å². The van der Waals surface area contributed by atoms with Crippen molar-refractivity contribution in [3.05, 3.63) is 29.6 Å². The standard InChI is InChI=1S/C19H22F3N5O3/c1-26(13-4-5-14(16(13)29)27-7-6-23-15(28)9-27)17(30)10-2-3-11-12(8-10)25-18(24-11)19(20,21)22/h2-3,8,13-14,16,29H,4-7,9H2,1H3,(H,23,28)(H,24,25)/t13-,14-,16-/m1/s1. The van der Waals surface area contributed by atoms with Crippen LogP contribution in [0.4, 0.5) is 13.2 Å². The Balaban J connectivity index is 1.50. The molecule has 1 aliphatic carbocycles. The SMILES string of the molecule is CN(C(=O)c1ccc2nc(C(F)(F)F)[nH]c2c1)[C@@H]1CC[C@@H](N2CCNC(=O)C2)[C@@H]1O. The molecule has 0 spiro atoms. The number of fused-ring (bicyclic) bond motifs is 1. The van der Waals surface area contributed by atoms with Crippen LogP contribution in [0.25, 0.3) is 11.0 Å². The normalized spacial score (nSPS) is 25.5. The third-order valence-corrected chi connectivity index (χ3v) is 5.90. The van der Waals surface area contributed by atoms with Crippen LogP contribution in [-0.4, -0.2) is 81.6 Å². The quantitative estimate of drug-likeness (QED) is 0.681. The Kier molecular flexibility index (Phi) is 5.18. The molecule has 1 aromatic heterocycles. The number of H-pyrrole nitrogens is 1. The molecule has 1 aromatic carbocycles. The summed E-state index contributed by atoms with van der Waals surface area (Å²) < 4.78 is 38.5. The first-order valence-corrected chi connectivity index (χ1v) is 9.68. The molecule has 2 aliphatic rings. The molecule has 3 N–H and O–H groups in total. The summed E-state index contributed by atoms with van der Waals surface area (Å²) in [5.41, 5.74) is 0.437. The molecule has 1 aliphatic heterocycles. The lowest BCUT2D eigenvalue weighted by Crippen LogP contribution is -2.55. The number of piperazine rings is 1. The predicted molar refractivity (Wildman–Crippen MR) is 101 cm³/mol. The molecule has 1 saturated carbocycles. The lowest BCUT2D eigenvalue weighted by atomic mass is 10.1. The van der Waals surface area contributed by atoms with Crippen LogP contribution in [0, 0.1) is 0 Å². The summed E-state index contributed by atoms with van der Waals surface area (Å²) in [6.45, 7) is 1.37. The number of likely N-dealkylation sites (N-methyl/N-ethyl adjacent to an activating group) is 1. The lowest BCUT2D eigenvalue weighted by Gasteiger charge is -2.35. The lowest BCUT2D eigenvalue weighted by molar-refractivity contribution is -0.144. The largest absolute Gasteiger partial charge is 0.449 e. The van der Waals surface area contributed by atoms with Gasteiger partial charge in [-0.2, -0.15) is 13.2 Å². The summed E-state index contributed by atoms with van der Waals surface area (Å²) in [5, 5.41) is 13.6. The van der Waals surface area contributed by atoms with Crippen molar-refractivity contribution < 1.29 is 27.9 Å².